The fraction of sp³-hybridized carbons (Fsp3) is 0.455. The summed E-state index contributed by atoms with van der Waals surface area (Å²) in [7, 11) is 0. The Hall–Kier alpha value is -0.440. The largest absolute Gasteiger partial charge is 0.262 e. The first-order valence-corrected chi connectivity index (χ1v) is 5.65. The van der Waals surface area contributed by atoms with E-state index in [-0.39, 0.29) is 0 Å². The molecule has 0 nitrogen and oxygen atoms in total. The van der Waals surface area contributed by atoms with Crippen molar-refractivity contribution >= 4 is 15.9 Å². The summed E-state index contributed by atoms with van der Waals surface area (Å²) in [6, 6.07) is 8.99. The third-order valence-electron chi connectivity index (χ3n) is 3.09. The van der Waals surface area contributed by atoms with Crippen LogP contribution in [0.25, 0.3) is 0 Å². The first-order valence-electron chi connectivity index (χ1n) is 4.53. The van der Waals surface area contributed by atoms with Crippen molar-refractivity contribution < 1.29 is 8.78 Å². The lowest BCUT2D eigenvalue weighted by molar-refractivity contribution is 0.0743. The van der Waals surface area contributed by atoms with Crippen molar-refractivity contribution in [3.63, 3.8) is 0 Å². The van der Waals surface area contributed by atoms with Gasteiger partial charge in [0.15, 0.2) is 0 Å². The van der Waals surface area contributed by atoms with E-state index in [9.17, 15) is 8.78 Å². The molecular formula is C11H11BrF2. The van der Waals surface area contributed by atoms with E-state index in [4.69, 9.17) is 0 Å². The Morgan fingerprint density at radius 3 is 2.29 bits per heavy atom. The van der Waals surface area contributed by atoms with E-state index < -0.39 is 17.3 Å². The van der Waals surface area contributed by atoms with Gasteiger partial charge in [0.2, 0.25) is 0 Å². The van der Waals surface area contributed by atoms with Crippen LogP contribution in [0.4, 0.5) is 8.78 Å². The zero-order chi connectivity index (χ0) is 10.4. The summed E-state index contributed by atoms with van der Waals surface area (Å²) in [5.74, 6) is -3.20. The highest BCUT2D eigenvalue weighted by Crippen LogP contribution is 2.71. The number of hydrogen-bond acceptors (Lipinski definition) is 0. The van der Waals surface area contributed by atoms with Crippen LogP contribution in [0.5, 0.6) is 0 Å². The zero-order valence-electron chi connectivity index (χ0n) is 7.81. The summed E-state index contributed by atoms with van der Waals surface area (Å²) in [6.45, 7) is 1.62. The molecular weight excluding hydrogens is 250 g/mol. The average molecular weight is 261 g/mol. The molecule has 0 aliphatic heterocycles. The number of rotatable bonds is 2. The van der Waals surface area contributed by atoms with Crippen molar-refractivity contribution in [2.45, 2.75) is 18.8 Å². The Morgan fingerprint density at radius 1 is 1.29 bits per heavy atom. The molecule has 1 fully saturated rings. The van der Waals surface area contributed by atoms with Gasteiger partial charge in [-0.3, -0.25) is 0 Å². The summed E-state index contributed by atoms with van der Waals surface area (Å²) in [6.07, 6.45) is 0. The van der Waals surface area contributed by atoms with Crippen LogP contribution in [-0.4, -0.2) is 11.3 Å². The van der Waals surface area contributed by atoms with E-state index >= 15 is 0 Å². The third kappa shape index (κ3) is 1.14. The van der Waals surface area contributed by atoms with Crippen molar-refractivity contribution in [3.8, 4) is 0 Å². The lowest BCUT2D eigenvalue weighted by atomic mass is 10.0. The highest BCUT2D eigenvalue weighted by molar-refractivity contribution is 9.09. The summed E-state index contributed by atoms with van der Waals surface area (Å²) in [5, 5.41) is 0.340. The maximum absolute atomic E-state index is 13.5. The second-order valence-electron chi connectivity index (χ2n) is 4.02. The summed E-state index contributed by atoms with van der Waals surface area (Å²) in [4.78, 5) is 0. The minimum atomic E-state index is -2.57. The van der Waals surface area contributed by atoms with E-state index in [2.05, 4.69) is 15.9 Å². The molecule has 14 heavy (non-hydrogen) atoms. The van der Waals surface area contributed by atoms with Gasteiger partial charge in [-0.05, 0) is 5.56 Å². The molecule has 0 amide bonds. The van der Waals surface area contributed by atoms with Gasteiger partial charge in [0.05, 0.1) is 11.3 Å². The van der Waals surface area contributed by atoms with Crippen LogP contribution in [0.3, 0.4) is 0 Å². The maximum Gasteiger partial charge on any atom is 0.262 e. The van der Waals surface area contributed by atoms with Gasteiger partial charge in [-0.1, -0.05) is 53.2 Å². The van der Waals surface area contributed by atoms with Crippen LogP contribution in [0.15, 0.2) is 30.3 Å². The van der Waals surface area contributed by atoms with Gasteiger partial charge in [-0.2, -0.15) is 0 Å². The normalized spacial score (nSPS) is 34.1. The SMILES string of the molecule is CC1(CBr)C(c2ccccc2)C1(F)F. The predicted molar refractivity (Wildman–Crippen MR) is 56.0 cm³/mol. The van der Waals surface area contributed by atoms with Crippen LogP contribution in [0.2, 0.25) is 0 Å². The zero-order valence-corrected chi connectivity index (χ0v) is 9.39. The minimum Gasteiger partial charge on any atom is -0.205 e. The Kier molecular flexibility index (Phi) is 2.18. The molecule has 76 valence electrons. The third-order valence-corrected chi connectivity index (χ3v) is 4.25. The molecule has 2 atom stereocenters. The molecule has 1 saturated carbocycles. The lowest BCUT2D eigenvalue weighted by Crippen LogP contribution is -2.06. The molecule has 0 bridgehead atoms. The van der Waals surface area contributed by atoms with Gasteiger partial charge in [0.25, 0.3) is 5.92 Å². The molecule has 0 N–H and O–H groups in total. The highest BCUT2D eigenvalue weighted by Gasteiger charge is 2.77. The van der Waals surface area contributed by atoms with E-state index in [0.717, 1.165) is 5.56 Å². The minimum absolute atomic E-state index is 0.340. The molecule has 0 spiro atoms. The fourth-order valence-corrected chi connectivity index (χ4v) is 2.67. The van der Waals surface area contributed by atoms with Crippen molar-refractivity contribution in [2.75, 3.05) is 5.33 Å². The van der Waals surface area contributed by atoms with Crippen molar-refractivity contribution in [2.24, 2.45) is 5.41 Å². The number of hydrogen-bond donors (Lipinski definition) is 0. The van der Waals surface area contributed by atoms with Crippen LogP contribution in [0.1, 0.15) is 18.4 Å². The standard InChI is InChI=1S/C11H11BrF2/c1-10(7-12)9(11(10,13)14)8-5-3-2-4-6-8/h2-6,9H,7H2,1H3. The molecule has 1 aliphatic rings. The number of halogens is 3. The fourth-order valence-electron chi connectivity index (χ4n) is 1.97. The molecule has 0 heterocycles. The molecule has 1 aromatic rings. The number of alkyl halides is 3. The molecule has 0 saturated heterocycles. The molecule has 2 unspecified atom stereocenters. The van der Waals surface area contributed by atoms with Crippen LogP contribution < -0.4 is 0 Å². The second kappa shape index (κ2) is 3.02. The molecule has 0 aromatic heterocycles. The molecule has 3 heteroatoms. The van der Waals surface area contributed by atoms with Crippen molar-refractivity contribution in [1.82, 2.24) is 0 Å². The Morgan fingerprint density at radius 2 is 1.86 bits per heavy atom. The predicted octanol–water partition coefficient (Wildman–Crippen LogP) is 3.82. The summed E-state index contributed by atoms with van der Waals surface area (Å²) in [5.41, 5.74) is -0.173. The van der Waals surface area contributed by atoms with Gasteiger partial charge in [-0.25, -0.2) is 8.78 Å². The quantitative estimate of drug-likeness (QED) is 0.710. The smallest absolute Gasteiger partial charge is 0.205 e. The van der Waals surface area contributed by atoms with E-state index in [1.54, 1.807) is 31.2 Å². The van der Waals surface area contributed by atoms with Crippen molar-refractivity contribution in [1.29, 1.82) is 0 Å². The van der Waals surface area contributed by atoms with Gasteiger partial charge in [0.1, 0.15) is 0 Å². The lowest BCUT2D eigenvalue weighted by Gasteiger charge is -2.03. The highest BCUT2D eigenvalue weighted by atomic mass is 79.9. The second-order valence-corrected chi connectivity index (χ2v) is 4.58. The van der Waals surface area contributed by atoms with Crippen molar-refractivity contribution in [3.05, 3.63) is 35.9 Å². The summed E-state index contributed by atoms with van der Waals surface area (Å²) < 4.78 is 27.0. The average Bonchev–Trinajstić information content (AvgIpc) is 2.63. The Bertz CT molecular complexity index is 336. The Labute approximate surface area is 90.4 Å². The number of benzene rings is 1. The van der Waals surface area contributed by atoms with E-state index in [1.165, 1.54) is 0 Å². The van der Waals surface area contributed by atoms with E-state index in [1.807, 2.05) is 6.07 Å². The molecule has 2 rings (SSSR count). The van der Waals surface area contributed by atoms with Crippen LogP contribution in [0, 0.1) is 5.41 Å². The van der Waals surface area contributed by atoms with Gasteiger partial charge in [0, 0.05) is 5.33 Å². The van der Waals surface area contributed by atoms with Gasteiger partial charge in [-0.15, -0.1) is 0 Å². The van der Waals surface area contributed by atoms with Gasteiger partial charge < -0.3 is 0 Å². The summed E-state index contributed by atoms with van der Waals surface area (Å²) >= 11 is 3.17. The topological polar surface area (TPSA) is 0 Å². The first-order chi connectivity index (χ1) is 6.54. The van der Waals surface area contributed by atoms with Crippen LogP contribution >= 0.6 is 15.9 Å². The Balaban J connectivity index is 2.32. The molecule has 1 aromatic carbocycles. The molecule has 0 radical (unpaired) electrons. The monoisotopic (exact) mass is 260 g/mol. The first kappa shape index (κ1) is 10.1. The van der Waals surface area contributed by atoms with Gasteiger partial charge >= 0.3 is 0 Å². The maximum atomic E-state index is 13.5. The van der Waals surface area contributed by atoms with Crippen LogP contribution in [-0.2, 0) is 0 Å². The molecule has 1 aliphatic carbocycles. The van der Waals surface area contributed by atoms with E-state index in [0.29, 0.717) is 5.33 Å².